The molecule has 0 aromatic rings. The largest absolute Gasteiger partial charge is 0.481 e. The molecule has 1 N–H and O–H groups in total. The minimum atomic E-state index is -0.708. The van der Waals surface area contributed by atoms with Crippen LogP contribution in [0.4, 0.5) is 0 Å². The van der Waals surface area contributed by atoms with Crippen molar-refractivity contribution in [1.82, 2.24) is 4.90 Å². The maximum atomic E-state index is 11.6. The first-order valence-corrected chi connectivity index (χ1v) is 6.42. The topological polar surface area (TPSA) is 57.6 Å². The molecule has 0 radical (unpaired) electrons. The maximum Gasteiger partial charge on any atom is 0.303 e. The highest BCUT2D eigenvalue weighted by atomic mass is 16.4. The van der Waals surface area contributed by atoms with Crippen molar-refractivity contribution >= 4 is 11.9 Å². The fourth-order valence-corrected chi connectivity index (χ4v) is 2.92. The summed E-state index contributed by atoms with van der Waals surface area (Å²) >= 11 is 0. The fraction of sp³-hybridized carbons (Fsp3) is 0.846. The summed E-state index contributed by atoms with van der Waals surface area (Å²) in [4.78, 5) is 24.2. The van der Waals surface area contributed by atoms with E-state index in [4.69, 9.17) is 5.11 Å². The van der Waals surface area contributed by atoms with Gasteiger partial charge in [-0.15, -0.1) is 0 Å². The molecular weight excluding hydrogens is 218 g/mol. The molecule has 0 bridgehead atoms. The van der Waals surface area contributed by atoms with E-state index >= 15 is 0 Å². The molecule has 0 atom stereocenters. The highest BCUT2D eigenvalue weighted by Gasteiger charge is 2.29. The third kappa shape index (κ3) is 4.02. The predicted octanol–water partition coefficient (Wildman–Crippen LogP) is 2.28. The number of nitrogens with zero attached hydrogens (tertiary/aromatic N) is 1. The van der Waals surface area contributed by atoms with Crippen LogP contribution in [0, 0.1) is 5.92 Å². The van der Waals surface area contributed by atoms with Gasteiger partial charge in [-0.1, -0.05) is 0 Å². The first kappa shape index (κ1) is 14.0. The normalized spacial score (nSPS) is 24.7. The molecule has 0 aliphatic heterocycles. The standard InChI is InChI=1S/C13H23NO3/c1-9(2)14(10(3)15)12-6-4-11(5-7-12)8-13(16)17/h9,11-12H,4-8H2,1-3H3,(H,16,17)/t11-,12-. The van der Waals surface area contributed by atoms with Crippen LogP contribution < -0.4 is 0 Å². The van der Waals surface area contributed by atoms with Crippen molar-refractivity contribution in [2.75, 3.05) is 0 Å². The summed E-state index contributed by atoms with van der Waals surface area (Å²) in [5.41, 5.74) is 0. The van der Waals surface area contributed by atoms with Gasteiger partial charge in [-0.2, -0.15) is 0 Å². The van der Waals surface area contributed by atoms with Crippen LogP contribution in [0.25, 0.3) is 0 Å². The number of carboxylic acids is 1. The van der Waals surface area contributed by atoms with Crippen molar-refractivity contribution in [3.8, 4) is 0 Å². The second kappa shape index (κ2) is 6.03. The summed E-state index contributed by atoms with van der Waals surface area (Å²) in [5, 5.41) is 8.75. The van der Waals surface area contributed by atoms with Crippen molar-refractivity contribution in [3.05, 3.63) is 0 Å². The van der Waals surface area contributed by atoms with Gasteiger partial charge in [-0.25, -0.2) is 0 Å². The maximum absolute atomic E-state index is 11.6. The van der Waals surface area contributed by atoms with Crippen LogP contribution >= 0.6 is 0 Å². The zero-order chi connectivity index (χ0) is 13.0. The van der Waals surface area contributed by atoms with Gasteiger partial charge < -0.3 is 10.0 Å². The van der Waals surface area contributed by atoms with E-state index < -0.39 is 5.97 Å². The van der Waals surface area contributed by atoms with Gasteiger partial charge >= 0.3 is 5.97 Å². The van der Waals surface area contributed by atoms with Crippen LogP contribution in [0.15, 0.2) is 0 Å². The zero-order valence-electron chi connectivity index (χ0n) is 11.0. The van der Waals surface area contributed by atoms with Crippen LogP contribution in [0.5, 0.6) is 0 Å². The number of carbonyl (C=O) groups excluding carboxylic acids is 1. The molecule has 98 valence electrons. The first-order chi connectivity index (χ1) is 7.91. The molecule has 0 aromatic carbocycles. The van der Waals surface area contributed by atoms with Gasteiger partial charge in [0.15, 0.2) is 0 Å². The summed E-state index contributed by atoms with van der Waals surface area (Å²) in [7, 11) is 0. The Morgan fingerprint density at radius 2 is 1.76 bits per heavy atom. The Kier molecular flexibility index (Phi) is 4.97. The number of hydrogen-bond donors (Lipinski definition) is 1. The molecule has 1 rings (SSSR count). The van der Waals surface area contributed by atoms with Gasteiger partial charge in [0.1, 0.15) is 0 Å². The van der Waals surface area contributed by atoms with Crippen LogP contribution in [0.1, 0.15) is 52.9 Å². The average Bonchev–Trinajstić information content (AvgIpc) is 2.18. The van der Waals surface area contributed by atoms with Crippen LogP contribution in [0.3, 0.4) is 0 Å². The molecule has 17 heavy (non-hydrogen) atoms. The quantitative estimate of drug-likeness (QED) is 0.821. The lowest BCUT2D eigenvalue weighted by Gasteiger charge is -2.38. The van der Waals surface area contributed by atoms with Gasteiger partial charge in [-0.3, -0.25) is 9.59 Å². The lowest BCUT2D eigenvalue weighted by atomic mass is 9.83. The highest BCUT2D eigenvalue weighted by Crippen LogP contribution is 2.30. The SMILES string of the molecule is CC(=O)N(C(C)C)[C@H]1CC[C@H](CC(=O)O)CC1. The minimum Gasteiger partial charge on any atom is -0.481 e. The number of amides is 1. The Labute approximate surface area is 103 Å². The monoisotopic (exact) mass is 241 g/mol. The zero-order valence-corrected chi connectivity index (χ0v) is 11.0. The van der Waals surface area contributed by atoms with E-state index in [0.29, 0.717) is 12.0 Å². The Morgan fingerprint density at radius 3 is 2.12 bits per heavy atom. The molecule has 1 fully saturated rings. The number of carbonyl (C=O) groups is 2. The molecule has 1 amide bonds. The van der Waals surface area contributed by atoms with E-state index in [9.17, 15) is 9.59 Å². The van der Waals surface area contributed by atoms with E-state index in [1.165, 1.54) is 0 Å². The minimum absolute atomic E-state index is 0.127. The number of carboxylic acid groups (broad SMARTS) is 1. The third-order valence-electron chi connectivity index (χ3n) is 3.59. The summed E-state index contributed by atoms with van der Waals surface area (Å²) in [6.07, 6.45) is 4.00. The molecular formula is C13H23NO3. The predicted molar refractivity (Wildman–Crippen MR) is 65.7 cm³/mol. The highest BCUT2D eigenvalue weighted by molar-refractivity contribution is 5.74. The van der Waals surface area contributed by atoms with Gasteiger partial charge in [-0.05, 0) is 45.4 Å². The van der Waals surface area contributed by atoms with E-state index in [1.807, 2.05) is 18.7 Å². The summed E-state index contributed by atoms with van der Waals surface area (Å²) in [6, 6.07) is 0.533. The summed E-state index contributed by atoms with van der Waals surface area (Å²) < 4.78 is 0. The summed E-state index contributed by atoms with van der Waals surface area (Å²) in [5.74, 6) is -0.285. The number of aliphatic carboxylic acids is 1. The molecule has 1 saturated carbocycles. The summed E-state index contributed by atoms with van der Waals surface area (Å²) in [6.45, 7) is 5.68. The Balaban J connectivity index is 2.50. The molecule has 0 unspecified atom stereocenters. The smallest absolute Gasteiger partial charge is 0.303 e. The molecule has 1 aliphatic carbocycles. The van der Waals surface area contributed by atoms with Crippen molar-refractivity contribution < 1.29 is 14.7 Å². The fourth-order valence-electron chi connectivity index (χ4n) is 2.92. The van der Waals surface area contributed by atoms with Crippen molar-refractivity contribution in [1.29, 1.82) is 0 Å². The third-order valence-corrected chi connectivity index (χ3v) is 3.59. The van der Waals surface area contributed by atoms with Crippen LogP contribution in [-0.2, 0) is 9.59 Å². The molecule has 4 nitrogen and oxygen atoms in total. The van der Waals surface area contributed by atoms with E-state index in [0.717, 1.165) is 25.7 Å². The molecule has 1 aliphatic rings. The second-order valence-electron chi connectivity index (χ2n) is 5.29. The molecule has 0 saturated heterocycles. The van der Waals surface area contributed by atoms with Gasteiger partial charge in [0, 0.05) is 25.4 Å². The molecule has 4 heteroatoms. The Bertz CT molecular complexity index is 280. The van der Waals surface area contributed by atoms with Crippen molar-refractivity contribution in [3.63, 3.8) is 0 Å². The van der Waals surface area contributed by atoms with Crippen LogP contribution in [-0.4, -0.2) is 34.0 Å². The van der Waals surface area contributed by atoms with Gasteiger partial charge in [0.2, 0.25) is 5.91 Å². The van der Waals surface area contributed by atoms with Gasteiger partial charge in [0.25, 0.3) is 0 Å². The lowest BCUT2D eigenvalue weighted by molar-refractivity contribution is -0.139. The van der Waals surface area contributed by atoms with Crippen LogP contribution in [0.2, 0.25) is 0 Å². The average molecular weight is 241 g/mol. The van der Waals surface area contributed by atoms with E-state index in [-0.39, 0.29) is 18.4 Å². The van der Waals surface area contributed by atoms with E-state index in [1.54, 1.807) is 6.92 Å². The molecule has 0 aromatic heterocycles. The van der Waals surface area contributed by atoms with Gasteiger partial charge in [0.05, 0.1) is 0 Å². The Morgan fingerprint density at radius 1 is 1.24 bits per heavy atom. The molecule has 0 heterocycles. The van der Waals surface area contributed by atoms with Crippen molar-refractivity contribution in [2.24, 2.45) is 5.92 Å². The Hall–Kier alpha value is -1.06. The molecule has 0 spiro atoms. The number of rotatable bonds is 4. The first-order valence-electron chi connectivity index (χ1n) is 6.42. The van der Waals surface area contributed by atoms with Crippen molar-refractivity contribution in [2.45, 2.75) is 65.0 Å². The second-order valence-corrected chi connectivity index (χ2v) is 5.29. The number of hydrogen-bond acceptors (Lipinski definition) is 2. The van der Waals surface area contributed by atoms with E-state index in [2.05, 4.69) is 0 Å². The lowest BCUT2D eigenvalue weighted by Crippen LogP contribution is -2.45.